The molecule has 2 saturated heterocycles. The van der Waals surface area contributed by atoms with Crippen LogP contribution in [0.5, 0.6) is 0 Å². The molecule has 2 fully saturated rings. The minimum atomic E-state index is -2.93. The highest BCUT2D eigenvalue weighted by atomic mass is 32.2. The Hall–Kier alpha value is -0.780. The van der Waals surface area contributed by atoms with Crippen LogP contribution in [0.15, 0.2) is 0 Å². The van der Waals surface area contributed by atoms with E-state index in [4.69, 9.17) is 0 Å². The van der Waals surface area contributed by atoms with Crippen molar-refractivity contribution in [3.05, 3.63) is 0 Å². The van der Waals surface area contributed by atoms with Crippen LogP contribution in [0.4, 0.5) is 4.79 Å². The standard InChI is InChI=1S/C14H26N2O3S/c1-14(2,3)12-5-4-6-16(11-12)13(17)15-7-9-20(18,19)10-8-15/h12H,4-11H2,1-3H3. The summed E-state index contributed by atoms with van der Waals surface area (Å²) in [6, 6.07) is 0.0221. The molecule has 2 heterocycles. The first-order valence-electron chi connectivity index (χ1n) is 7.43. The van der Waals surface area contributed by atoms with Gasteiger partial charge >= 0.3 is 6.03 Å². The van der Waals surface area contributed by atoms with Crippen molar-refractivity contribution >= 4 is 15.9 Å². The molecule has 0 saturated carbocycles. The minimum absolute atomic E-state index is 0.0221. The maximum absolute atomic E-state index is 12.5. The number of urea groups is 1. The second-order valence-corrected chi connectivity index (χ2v) is 9.38. The number of piperidine rings is 1. The number of carbonyl (C=O) groups is 1. The van der Waals surface area contributed by atoms with Crippen molar-refractivity contribution in [2.24, 2.45) is 11.3 Å². The summed E-state index contributed by atoms with van der Waals surface area (Å²) in [6.07, 6.45) is 2.21. The fourth-order valence-electron chi connectivity index (χ4n) is 2.96. The van der Waals surface area contributed by atoms with Gasteiger partial charge < -0.3 is 9.80 Å². The van der Waals surface area contributed by atoms with Crippen LogP contribution >= 0.6 is 0 Å². The van der Waals surface area contributed by atoms with E-state index in [9.17, 15) is 13.2 Å². The SMILES string of the molecule is CC(C)(C)C1CCCN(C(=O)N2CCS(=O)(=O)CC2)C1. The fourth-order valence-corrected chi connectivity index (χ4v) is 4.16. The molecule has 2 aliphatic rings. The lowest BCUT2D eigenvalue weighted by molar-refractivity contribution is 0.0940. The molecule has 0 aromatic rings. The topological polar surface area (TPSA) is 57.7 Å². The lowest BCUT2D eigenvalue weighted by atomic mass is 9.76. The Morgan fingerprint density at radius 2 is 1.65 bits per heavy atom. The van der Waals surface area contributed by atoms with Crippen LogP contribution in [0.1, 0.15) is 33.6 Å². The largest absolute Gasteiger partial charge is 0.324 e. The monoisotopic (exact) mass is 302 g/mol. The number of hydrogen-bond acceptors (Lipinski definition) is 3. The van der Waals surface area contributed by atoms with Gasteiger partial charge in [0.15, 0.2) is 9.84 Å². The fraction of sp³-hybridized carbons (Fsp3) is 0.929. The van der Waals surface area contributed by atoms with Gasteiger partial charge in [-0.3, -0.25) is 0 Å². The number of sulfone groups is 1. The Labute approximate surface area is 122 Å². The zero-order chi connectivity index (χ0) is 15.0. The maximum Gasteiger partial charge on any atom is 0.320 e. The third-order valence-corrected chi connectivity index (χ3v) is 6.14. The summed E-state index contributed by atoms with van der Waals surface area (Å²) in [5.41, 5.74) is 0.212. The Morgan fingerprint density at radius 3 is 2.20 bits per heavy atom. The van der Waals surface area contributed by atoms with Crippen LogP contribution in [-0.4, -0.2) is 61.9 Å². The first-order valence-corrected chi connectivity index (χ1v) is 9.25. The van der Waals surface area contributed by atoms with Crippen molar-refractivity contribution < 1.29 is 13.2 Å². The van der Waals surface area contributed by atoms with Crippen LogP contribution < -0.4 is 0 Å². The van der Waals surface area contributed by atoms with Gasteiger partial charge in [-0.05, 0) is 24.2 Å². The molecule has 2 aliphatic heterocycles. The molecule has 0 aliphatic carbocycles. The van der Waals surface area contributed by atoms with Crippen molar-refractivity contribution in [1.29, 1.82) is 0 Å². The second kappa shape index (κ2) is 5.54. The van der Waals surface area contributed by atoms with E-state index >= 15 is 0 Å². The zero-order valence-corrected chi connectivity index (χ0v) is 13.6. The lowest BCUT2D eigenvalue weighted by Gasteiger charge is -2.42. The summed E-state index contributed by atoms with van der Waals surface area (Å²) in [5, 5.41) is 0. The third-order valence-electron chi connectivity index (χ3n) is 4.53. The molecule has 6 heteroatoms. The van der Waals surface area contributed by atoms with Crippen LogP contribution in [0.25, 0.3) is 0 Å². The molecule has 2 rings (SSSR count). The number of carbonyl (C=O) groups excluding carboxylic acids is 1. The average molecular weight is 302 g/mol. The highest BCUT2D eigenvalue weighted by Crippen LogP contribution is 2.33. The summed E-state index contributed by atoms with van der Waals surface area (Å²) in [4.78, 5) is 16.1. The summed E-state index contributed by atoms with van der Waals surface area (Å²) in [6.45, 7) is 8.95. The van der Waals surface area contributed by atoms with Gasteiger partial charge in [-0.2, -0.15) is 0 Å². The second-order valence-electron chi connectivity index (χ2n) is 7.07. The molecule has 0 bridgehead atoms. The van der Waals surface area contributed by atoms with Gasteiger partial charge in [0.1, 0.15) is 0 Å². The van der Waals surface area contributed by atoms with Crippen LogP contribution in [-0.2, 0) is 9.84 Å². The summed E-state index contributed by atoms with van der Waals surface area (Å²) in [7, 11) is -2.93. The summed E-state index contributed by atoms with van der Waals surface area (Å²) >= 11 is 0. The lowest BCUT2D eigenvalue weighted by Crippen LogP contribution is -2.53. The molecule has 0 spiro atoms. The van der Waals surface area contributed by atoms with Crippen molar-refractivity contribution in [3.8, 4) is 0 Å². The minimum Gasteiger partial charge on any atom is -0.324 e. The number of nitrogens with zero attached hydrogens (tertiary/aromatic N) is 2. The number of hydrogen-bond donors (Lipinski definition) is 0. The van der Waals surface area contributed by atoms with Gasteiger partial charge in [-0.25, -0.2) is 13.2 Å². The van der Waals surface area contributed by atoms with E-state index in [0.29, 0.717) is 19.0 Å². The predicted octanol–water partition coefficient (Wildman–Crippen LogP) is 1.59. The molecule has 0 aromatic heterocycles. The molecule has 5 nitrogen and oxygen atoms in total. The van der Waals surface area contributed by atoms with Crippen LogP contribution in [0.2, 0.25) is 0 Å². The maximum atomic E-state index is 12.5. The predicted molar refractivity (Wildman–Crippen MR) is 79.4 cm³/mol. The van der Waals surface area contributed by atoms with Gasteiger partial charge in [0.2, 0.25) is 0 Å². The molecule has 0 radical (unpaired) electrons. The van der Waals surface area contributed by atoms with E-state index in [1.807, 2.05) is 4.90 Å². The Balaban J connectivity index is 1.96. The highest BCUT2D eigenvalue weighted by molar-refractivity contribution is 7.91. The highest BCUT2D eigenvalue weighted by Gasteiger charge is 2.34. The van der Waals surface area contributed by atoms with Crippen LogP contribution in [0, 0.1) is 11.3 Å². The Morgan fingerprint density at radius 1 is 1.05 bits per heavy atom. The first-order chi connectivity index (χ1) is 9.19. The number of amides is 2. The molecular formula is C14H26N2O3S. The molecule has 0 aromatic carbocycles. The van der Waals surface area contributed by atoms with Crippen molar-refractivity contribution in [2.45, 2.75) is 33.6 Å². The van der Waals surface area contributed by atoms with E-state index in [1.165, 1.54) is 6.42 Å². The molecule has 2 amide bonds. The van der Waals surface area contributed by atoms with Crippen molar-refractivity contribution in [2.75, 3.05) is 37.7 Å². The number of likely N-dealkylation sites (tertiary alicyclic amines) is 1. The van der Waals surface area contributed by atoms with Gasteiger partial charge in [0.25, 0.3) is 0 Å². The zero-order valence-electron chi connectivity index (χ0n) is 12.8. The molecule has 20 heavy (non-hydrogen) atoms. The van der Waals surface area contributed by atoms with Gasteiger partial charge in [-0.1, -0.05) is 20.8 Å². The van der Waals surface area contributed by atoms with Gasteiger partial charge in [0.05, 0.1) is 11.5 Å². The quantitative estimate of drug-likeness (QED) is 0.683. The molecule has 116 valence electrons. The van der Waals surface area contributed by atoms with Gasteiger partial charge in [0, 0.05) is 26.2 Å². The third kappa shape index (κ3) is 3.65. The van der Waals surface area contributed by atoms with E-state index in [-0.39, 0.29) is 23.0 Å². The summed E-state index contributed by atoms with van der Waals surface area (Å²) in [5.74, 6) is 0.735. The molecular weight excluding hydrogens is 276 g/mol. The van der Waals surface area contributed by atoms with Crippen molar-refractivity contribution in [1.82, 2.24) is 9.80 Å². The van der Waals surface area contributed by atoms with E-state index in [1.54, 1.807) is 4.90 Å². The van der Waals surface area contributed by atoms with E-state index < -0.39 is 9.84 Å². The molecule has 0 N–H and O–H groups in total. The normalized spacial score (nSPS) is 27.4. The van der Waals surface area contributed by atoms with E-state index in [2.05, 4.69) is 20.8 Å². The summed E-state index contributed by atoms with van der Waals surface area (Å²) < 4.78 is 22.9. The molecule has 1 atom stereocenters. The van der Waals surface area contributed by atoms with Crippen molar-refractivity contribution in [3.63, 3.8) is 0 Å². The Kier molecular flexibility index (Phi) is 4.33. The number of rotatable bonds is 0. The average Bonchev–Trinajstić information content (AvgIpc) is 2.37. The van der Waals surface area contributed by atoms with Crippen LogP contribution in [0.3, 0.4) is 0 Å². The smallest absolute Gasteiger partial charge is 0.320 e. The van der Waals surface area contributed by atoms with E-state index in [0.717, 1.165) is 19.5 Å². The Bertz CT molecular complexity index is 453. The first kappa shape index (κ1) is 15.6. The van der Waals surface area contributed by atoms with Gasteiger partial charge in [-0.15, -0.1) is 0 Å². The molecule has 1 unspecified atom stereocenters.